The third-order valence-electron chi connectivity index (χ3n) is 3.35. The largest absolute Gasteiger partial charge is 0.395 e. The number of carbonyl (C=O) groups is 2. The maximum Gasteiger partial charge on any atom is 0.316 e. The number of nitrogens with zero attached hydrogens (tertiary/aromatic N) is 2. The van der Waals surface area contributed by atoms with Crippen LogP contribution in [-0.2, 0) is 16.0 Å². The first-order chi connectivity index (χ1) is 9.19. The van der Waals surface area contributed by atoms with E-state index in [9.17, 15) is 9.59 Å². The van der Waals surface area contributed by atoms with E-state index in [4.69, 9.17) is 5.11 Å². The summed E-state index contributed by atoms with van der Waals surface area (Å²) in [5.74, 6) is -1.06. The Bertz CT molecular complexity index is 487. The summed E-state index contributed by atoms with van der Waals surface area (Å²) in [6.07, 6.45) is 0.779. The van der Waals surface area contributed by atoms with E-state index in [2.05, 4.69) is 0 Å². The summed E-state index contributed by atoms with van der Waals surface area (Å²) in [5, 5.41) is 8.90. The minimum Gasteiger partial charge on any atom is -0.395 e. The standard InChI is InChI=1S/C14H18N2O3/c1-2-15(9-10-17)13(18)14(19)16-8-7-11-5-3-4-6-12(11)16/h3-6,17H,2,7-10H2,1H3. The summed E-state index contributed by atoms with van der Waals surface area (Å²) in [6.45, 7) is 2.81. The Kier molecular flexibility index (Phi) is 4.16. The molecule has 0 aliphatic carbocycles. The molecule has 1 aliphatic heterocycles. The molecule has 0 saturated heterocycles. The number of hydrogen-bond donors (Lipinski definition) is 1. The van der Waals surface area contributed by atoms with Gasteiger partial charge in [0.15, 0.2) is 0 Å². The van der Waals surface area contributed by atoms with Crippen LogP contribution in [0.3, 0.4) is 0 Å². The molecule has 0 aromatic heterocycles. The predicted octanol–water partition coefficient (Wildman–Crippen LogP) is 0.417. The predicted molar refractivity (Wildman–Crippen MR) is 71.8 cm³/mol. The number of anilines is 1. The number of amides is 2. The first-order valence-corrected chi connectivity index (χ1v) is 6.48. The van der Waals surface area contributed by atoms with Crippen molar-refractivity contribution in [1.82, 2.24) is 4.90 Å². The molecule has 19 heavy (non-hydrogen) atoms. The second-order valence-electron chi connectivity index (χ2n) is 4.44. The van der Waals surface area contributed by atoms with Crippen LogP contribution in [0, 0.1) is 0 Å². The maximum absolute atomic E-state index is 12.2. The number of likely N-dealkylation sites (N-methyl/N-ethyl adjacent to an activating group) is 1. The maximum atomic E-state index is 12.2. The number of aliphatic hydroxyl groups is 1. The number of carbonyl (C=O) groups excluding carboxylic acids is 2. The first-order valence-electron chi connectivity index (χ1n) is 6.48. The summed E-state index contributed by atoms with van der Waals surface area (Å²) < 4.78 is 0. The van der Waals surface area contributed by atoms with E-state index in [1.165, 1.54) is 9.80 Å². The van der Waals surface area contributed by atoms with Crippen LogP contribution in [0.1, 0.15) is 12.5 Å². The lowest BCUT2D eigenvalue weighted by molar-refractivity contribution is -0.144. The molecule has 0 atom stereocenters. The van der Waals surface area contributed by atoms with Crippen molar-refractivity contribution in [3.05, 3.63) is 29.8 Å². The van der Waals surface area contributed by atoms with Crippen LogP contribution in [0.4, 0.5) is 5.69 Å². The second-order valence-corrected chi connectivity index (χ2v) is 4.44. The molecule has 1 aromatic carbocycles. The molecule has 0 spiro atoms. The summed E-state index contributed by atoms with van der Waals surface area (Å²) in [6, 6.07) is 7.62. The minimum atomic E-state index is -0.548. The third kappa shape index (κ3) is 2.61. The van der Waals surface area contributed by atoms with E-state index < -0.39 is 11.8 Å². The van der Waals surface area contributed by atoms with Gasteiger partial charge < -0.3 is 14.9 Å². The minimum absolute atomic E-state index is 0.135. The summed E-state index contributed by atoms with van der Waals surface area (Å²) in [4.78, 5) is 27.2. The highest BCUT2D eigenvalue weighted by atomic mass is 16.3. The van der Waals surface area contributed by atoms with Gasteiger partial charge in [0, 0.05) is 25.3 Å². The van der Waals surface area contributed by atoms with Gasteiger partial charge in [0.2, 0.25) is 0 Å². The zero-order valence-corrected chi connectivity index (χ0v) is 11.0. The molecule has 1 aliphatic rings. The van der Waals surface area contributed by atoms with Gasteiger partial charge in [-0.15, -0.1) is 0 Å². The topological polar surface area (TPSA) is 60.9 Å². The van der Waals surface area contributed by atoms with Crippen molar-refractivity contribution >= 4 is 17.5 Å². The Morgan fingerprint density at radius 2 is 2.11 bits per heavy atom. The van der Waals surface area contributed by atoms with Crippen molar-refractivity contribution in [2.45, 2.75) is 13.3 Å². The fourth-order valence-corrected chi connectivity index (χ4v) is 2.32. The highest BCUT2D eigenvalue weighted by molar-refractivity contribution is 6.40. The van der Waals surface area contributed by atoms with E-state index in [1.807, 2.05) is 24.3 Å². The van der Waals surface area contributed by atoms with Crippen molar-refractivity contribution in [3.63, 3.8) is 0 Å². The van der Waals surface area contributed by atoms with Gasteiger partial charge in [0.25, 0.3) is 0 Å². The average Bonchev–Trinajstić information content (AvgIpc) is 2.87. The van der Waals surface area contributed by atoms with Crippen LogP contribution in [0.25, 0.3) is 0 Å². The van der Waals surface area contributed by atoms with Crippen LogP contribution < -0.4 is 4.90 Å². The molecule has 1 heterocycles. The molecule has 1 aromatic rings. The molecule has 0 fully saturated rings. The van der Waals surface area contributed by atoms with Crippen LogP contribution in [-0.4, -0.2) is 48.1 Å². The Hall–Kier alpha value is -1.88. The van der Waals surface area contributed by atoms with Gasteiger partial charge in [-0.3, -0.25) is 9.59 Å². The molecule has 2 rings (SSSR count). The lowest BCUT2D eigenvalue weighted by atomic mass is 10.2. The second kappa shape index (κ2) is 5.84. The molecule has 0 saturated carbocycles. The van der Waals surface area contributed by atoms with Crippen LogP contribution in [0.5, 0.6) is 0 Å². The molecule has 5 heteroatoms. The number of rotatable bonds is 3. The van der Waals surface area contributed by atoms with E-state index in [1.54, 1.807) is 6.92 Å². The SMILES string of the molecule is CCN(CCO)C(=O)C(=O)N1CCc2ccccc21. The van der Waals surface area contributed by atoms with Gasteiger partial charge in [-0.2, -0.15) is 0 Å². The Labute approximate surface area is 112 Å². The highest BCUT2D eigenvalue weighted by Gasteiger charge is 2.31. The van der Waals surface area contributed by atoms with Gasteiger partial charge >= 0.3 is 11.8 Å². The van der Waals surface area contributed by atoms with Gasteiger partial charge in [0.05, 0.1) is 6.61 Å². The van der Waals surface area contributed by atoms with E-state index in [0.717, 1.165) is 17.7 Å². The molecular formula is C14H18N2O3. The molecule has 102 valence electrons. The lowest BCUT2D eigenvalue weighted by Crippen LogP contribution is -2.45. The van der Waals surface area contributed by atoms with Gasteiger partial charge in [-0.05, 0) is 25.0 Å². The summed E-state index contributed by atoms with van der Waals surface area (Å²) in [5.41, 5.74) is 1.91. The van der Waals surface area contributed by atoms with Gasteiger partial charge in [-0.1, -0.05) is 18.2 Å². The molecule has 1 N–H and O–H groups in total. The zero-order valence-electron chi connectivity index (χ0n) is 11.0. The van der Waals surface area contributed by atoms with Crippen molar-refractivity contribution in [2.75, 3.05) is 31.1 Å². The number of aliphatic hydroxyl groups excluding tert-OH is 1. The number of fused-ring (bicyclic) bond motifs is 1. The van der Waals surface area contributed by atoms with E-state index in [-0.39, 0.29) is 13.2 Å². The summed E-state index contributed by atoms with van der Waals surface area (Å²) >= 11 is 0. The lowest BCUT2D eigenvalue weighted by Gasteiger charge is -2.23. The molecule has 0 radical (unpaired) electrons. The van der Waals surface area contributed by atoms with E-state index in [0.29, 0.717) is 13.1 Å². The molecule has 5 nitrogen and oxygen atoms in total. The first kappa shape index (κ1) is 13.5. The van der Waals surface area contributed by atoms with Crippen molar-refractivity contribution in [1.29, 1.82) is 0 Å². The quantitative estimate of drug-likeness (QED) is 0.803. The molecule has 0 unspecified atom stereocenters. The Morgan fingerprint density at radius 3 is 2.79 bits per heavy atom. The molecule has 0 bridgehead atoms. The van der Waals surface area contributed by atoms with Gasteiger partial charge in [-0.25, -0.2) is 0 Å². The normalized spacial score (nSPS) is 13.3. The van der Waals surface area contributed by atoms with E-state index >= 15 is 0 Å². The third-order valence-corrected chi connectivity index (χ3v) is 3.35. The summed E-state index contributed by atoms with van der Waals surface area (Å²) in [7, 11) is 0. The molecule has 2 amide bonds. The smallest absolute Gasteiger partial charge is 0.316 e. The number of benzene rings is 1. The number of para-hydroxylation sites is 1. The number of hydrogen-bond acceptors (Lipinski definition) is 3. The average molecular weight is 262 g/mol. The van der Waals surface area contributed by atoms with Crippen LogP contribution in [0.15, 0.2) is 24.3 Å². The fraction of sp³-hybridized carbons (Fsp3) is 0.429. The van der Waals surface area contributed by atoms with Crippen molar-refractivity contribution in [2.24, 2.45) is 0 Å². The van der Waals surface area contributed by atoms with Gasteiger partial charge in [0.1, 0.15) is 0 Å². The Morgan fingerprint density at radius 1 is 1.37 bits per heavy atom. The zero-order chi connectivity index (χ0) is 13.8. The molecular weight excluding hydrogens is 244 g/mol. The van der Waals surface area contributed by atoms with Crippen molar-refractivity contribution < 1.29 is 14.7 Å². The van der Waals surface area contributed by atoms with Crippen LogP contribution in [0.2, 0.25) is 0 Å². The Balaban J connectivity index is 2.15. The monoisotopic (exact) mass is 262 g/mol. The fourth-order valence-electron chi connectivity index (χ4n) is 2.32. The van der Waals surface area contributed by atoms with Crippen LogP contribution >= 0.6 is 0 Å². The van der Waals surface area contributed by atoms with Crippen molar-refractivity contribution in [3.8, 4) is 0 Å². The highest BCUT2D eigenvalue weighted by Crippen LogP contribution is 2.27.